The van der Waals surface area contributed by atoms with Crippen molar-refractivity contribution in [3.8, 4) is 0 Å². The van der Waals surface area contributed by atoms with Crippen LogP contribution in [0.25, 0.3) is 0 Å². The minimum atomic E-state index is 0.163. The molecule has 0 bridgehead atoms. The molecule has 0 unspecified atom stereocenters. The number of rotatable bonds is 1. The molecule has 4 heteroatoms. The molecule has 1 fully saturated rings. The standard InChI is InChI=1S/C14H20N2O2/c17-14-11-13(15-6-8-18-9-7-15)10-12-4-2-1-3-5-16(12)14/h10-11H,1-9H2. The Morgan fingerprint density at radius 2 is 1.83 bits per heavy atom. The molecule has 0 saturated carbocycles. The smallest absolute Gasteiger partial charge is 0.252 e. The van der Waals surface area contributed by atoms with Crippen molar-refractivity contribution < 1.29 is 4.74 Å². The van der Waals surface area contributed by atoms with Crippen LogP contribution in [0.4, 0.5) is 5.69 Å². The number of nitrogens with zero attached hydrogens (tertiary/aromatic N) is 2. The van der Waals surface area contributed by atoms with E-state index < -0.39 is 0 Å². The normalized spacial score (nSPS) is 20.3. The van der Waals surface area contributed by atoms with Crippen molar-refractivity contribution in [1.82, 2.24) is 4.57 Å². The van der Waals surface area contributed by atoms with Gasteiger partial charge in [0.2, 0.25) is 0 Å². The first-order valence-corrected chi connectivity index (χ1v) is 6.91. The molecule has 2 aliphatic rings. The van der Waals surface area contributed by atoms with E-state index in [0.717, 1.165) is 51.4 Å². The molecule has 18 heavy (non-hydrogen) atoms. The number of pyridine rings is 1. The molecule has 98 valence electrons. The summed E-state index contributed by atoms with van der Waals surface area (Å²) in [6.07, 6.45) is 4.59. The molecule has 0 atom stereocenters. The molecule has 0 spiro atoms. The summed E-state index contributed by atoms with van der Waals surface area (Å²) in [6, 6.07) is 4.00. The van der Waals surface area contributed by atoms with Crippen LogP contribution in [0, 0.1) is 0 Å². The molecular weight excluding hydrogens is 228 g/mol. The van der Waals surface area contributed by atoms with Crippen LogP contribution in [-0.2, 0) is 17.7 Å². The average molecular weight is 248 g/mol. The molecule has 0 radical (unpaired) electrons. The van der Waals surface area contributed by atoms with Gasteiger partial charge >= 0.3 is 0 Å². The minimum Gasteiger partial charge on any atom is -0.378 e. The van der Waals surface area contributed by atoms with Gasteiger partial charge in [-0.1, -0.05) is 6.42 Å². The summed E-state index contributed by atoms with van der Waals surface area (Å²) in [4.78, 5) is 14.4. The fourth-order valence-corrected chi connectivity index (χ4v) is 2.85. The maximum Gasteiger partial charge on any atom is 0.252 e. The van der Waals surface area contributed by atoms with Crippen LogP contribution >= 0.6 is 0 Å². The molecule has 1 aromatic rings. The summed E-state index contributed by atoms with van der Waals surface area (Å²) in [7, 11) is 0. The van der Waals surface area contributed by atoms with E-state index in [0.29, 0.717) is 0 Å². The Morgan fingerprint density at radius 3 is 2.67 bits per heavy atom. The van der Waals surface area contributed by atoms with Crippen LogP contribution in [0.15, 0.2) is 16.9 Å². The van der Waals surface area contributed by atoms with E-state index in [1.54, 1.807) is 6.07 Å². The van der Waals surface area contributed by atoms with Gasteiger partial charge in [0.25, 0.3) is 5.56 Å². The summed E-state index contributed by atoms with van der Waals surface area (Å²) in [5, 5.41) is 0. The van der Waals surface area contributed by atoms with E-state index in [9.17, 15) is 4.79 Å². The largest absolute Gasteiger partial charge is 0.378 e. The second-order valence-corrected chi connectivity index (χ2v) is 5.10. The highest BCUT2D eigenvalue weighted by atomic mass is 16.5. The fraction of sp³-hybridized carbons (Fsp3) is 0.643. The van der Waals surface area contributed by atoms with E-state index in [-0.39, 0.29) is 5.56 Å². The van der Waals surface area contributed by atoms with Gasteiger partial charge in [-0.25, -0.2) is 0 Å². The van der Waals surface area contributed by atoms with Crippen LogP contribution < -0.4 is 10.5 Å². The molecule has 0 amide bonds. The van der Waals surface area contributed by atoms with E-state index in [1.807, 2.05) is 4.57 Å². The van der Waals surface area contributed by atoms with Crippen molar-refractivity contribution in [3.05, 3.63) is 28.2 Å². The first-order valence-electron chi connectivity index (χ1n) is 6.91. The molecule has 3 rings (SSSR count). The number of hydrogen-bond donors (Lipinski definition) is 0. The fourth-order valence-electron chi connectivity index (χ4n) is 2.85. The van der Waals surface area contributed by atoms with Gasteiger partial charge in [-0.3, -0.25) is 4.79 Å². The first-order chi connectivity index (χ1) is 8.84. The lowest BCUT2D eigenvalue weighted by Crippen LogP contribution is -2.37. The predicted molar refractivity (Wildman–Crippen MR) is 71.3 cm³/mol. The predicted octanol–water partition coefficient (Wildman–Crippen LogP) is 1.41. The zero-order valence-corrected chi connectivity index (χ0v) is 10.7. The van der Waals surface area contributed by atoms with Gasteiger partial charge in [-0.2, -0.15) is 0 Å². The van der Waals surface area contributed by atoms with Crippen LogP contribution in [-0.4, -0.2) is 30.9 Å². The highest BCUT2D eigenvalue weighted by molar-refractivity contribution is 5.47. The van der Waals surface area contributed by atoms with Gasteiger partial charge in [-0.15, -0.1) is 0 Å². The Morgan fingerprint density at radius 1 is 1.00 bits per heavy atom. The van der Waals surface area contributed by atoms with E-state index in [4.69, 9.17) is 4.74 Å². The van der Waals surface area contributed by atoms with Gasteiger partial charge in [0.15, 0.2) is 0 Å². The number of aromatic nitrogens is 1. The third-order valence-electron chi connectivity index (χ3n) is 3.89. The Hall–Kier alpha value is -1.29. The average Bonchev–Trinajstić information content (AvgIpc) is 2.65. The number of ether oxygens (including phenoxy) is 1. The summed E-state index contributed by atoms with van der Waals surface area (Å²) >= 11 is 0. The molecule has 1 aromatic heterocycles. The zero-order chi connectivity index (χ0) is 12.4. The summed E-state index contributed by atoms with van der Waals surface area (Å²) < 4.78 is 7.31. The SMILES string of the molecule is O=c1cc(N2CCOCC2)cc2n1CCCCC2. The number of fused-ring (bicyclic) bond motifs is 1. The second-order valence-electron chi connectivity index (χ2n) is 5.10. The summed E-state index contributed by atoms with van der Waals surface area (Å²) in [6.45, 7) is 4.19. The van der Waals surface area contributed by atoms with Gasteiger partial charge < -0.3 is 14.2 Å². The topological polar surface area (TPSA) is 34.5 Å². The number of hydrogen-bond acceptors (Lipinski definition) is 3. The van der Waals surface area contributed by atoms with Gasteiger partial charge in [0.05, 0.1) is 13.2 Å². The molecule has 1 saturated heterocycles. The number of anilines is 1. The van der Waals surface area contributed by atoms with Crippen molar-refractivity contribution in [3.63, 3.8) is 0 Å². The van der Waals surface area contributed by atoms with E-state index >= 15 is 0 Å². The zero-order valence-electron chi connectivity index (χ0n) is 10.7. The van der Waals surface area contributed by atoms with Crippen LogP contribution in [0.5, 0.6) is 0 Å². The van der Waals surface area contributed by atoms with Crippen molar-refractivity contribution >= 4 is 5.69 Å². The molecule has 4 nitrogen and oxygen atoms in total. The molecule has 0 aliphatic carbocycles. The van der Waals surface area contributed by atoms with Crippen molar-refractivity contribution in [2.24, 2.45) is 0 Å². The molecular formula is C14H20N2O2. The van der Waals surface area contributed by atoms with Crippen molar-refractivity contribution in [2.45, 2.75) is 32.2 Å². The second kappa shape index (κ2) is 5.14. The van der Waals surface area contributed by atoms with E-state index in [2.05, 4.69) is 11.0 Å². The Labute approximate surface area is 107 Å². The number of morpholine rings is 1. The van der Waals surface area contributed by atoms with Crippen LogP contribution in [0.3, 0.4) is 0 Å². The highest BCUT2D eigenvalue weighted by Gasteiger charge is 2.15. The van der Waals surface area contributed by atoms with Crippen LogP contribution in [0.1, 0.15) is 25.0 Å². The maximum atomic E-state index is 12.2. The molecule has 3 heterocycles. The lowest BCUT2D eigenvalue weighted by atomic mass is 10.1. The number of aryl methyl sites for hydroxylation is 1. The minimum absolute atomic E-state index is 0.163. The highest BCUT2D eigenvalue weighted by Crippen LogP contribution is 2.19. The maximum absolute atomic E-state index is 12.2. The van der Waals surface area contributed by atoms with E-state index in [1.165, 1.54) is 18.5 Å². The lowest BCUT2D eigenvalue weighted by Gasteiger charge is -2.29. The van der Waals surface area contributed by atoms with Gasteiger partial charge in [0, 0.05) is 37.1 Å². The third kappa shape index (κ3) is 2.29. The van der Waals surface area contributed by atoms with Gasteiger partial charge in [0.1, 0.15) is 0 Å². The first kappa shape index (κ1) is 11.8. The molecule has 0 aromatic carbocycles. The van der Waals surface area contributed by atoms with Crippen LogP contribution in [0.2, 0.25) is 0 Å². The van der Waals surface area contributed by atoms with Gasteiger partial charge in [-0.05, 0) is 25.3 Å². The Kier molecular flexibility index (Phi) is 3.37. The van der Waals surface area contributed by atoms with Crippen molar-refractivity contribution in [1.29, 1.82) is 0 Å². The summed E-state index contributed by atoms with van der Waals surface area (Å²) in [5.41, 5.74) is 2.45. The monoisotopic (exact) mass is 248 g/mol. The Bertz CT molecular complexity index is 475. The lowest BCUT2D eigenvalue weighted by molar-refractivity contribution is 0.122. The molecule has 0 N–H and O–H groups in total. The third-order valence-corrected chi connectivity index (χ3v) is 3.89. The summed E-state index contributed by atoms with van der Waals surface area (Å²) in [5.74, 6) is 0. The molecule has 2 aliphatic heterocycles. The quantitative estimate of drug-likeness (QED) is 0.753. The van der Waals surface area contributed by atoms with Crippen molar-refractivity contribution in [2.75, 3.05) is 31.2 Å². The Balaban J connectivity index is 1.94.